The van der Waals surface area contributed by atoms with Crippen LogP contribution in [0.5, 0.6) is 0 Å². The molecule has 100 valence electrons. The lowest BCUT2D eigenvalue weighted by Crippen LogP contribution is -2.63. The van der Waals surface area contributed by atoms with Gasteiger partial charge in [0.25, 0.3) is 0 Å². The van der Waals surface area contributed by atoms with E-state index in [0.717, 1.165) is 25.9 Å². The molecule has 2 saturated heterocycles. The maximum absolute atomic E-state index is 12.4. The topological polar surface area (TPSA) is 6.48 Å². The number of nitrogens with zero attached hydrogens (tertiary/aromatic N) is 2. The van der Waals surface area contributed by atoms with Crippen molar-refractivity contribution in [3.05, 3.63) is 0 Å². The molecule has 0 radical (unpaired) electrons. The van der Waals surface area contributed by atoms with Crippen molar-refractivity contribution in [2.24, 2.45) is 0 Å². The molecule has 5 heteroatoms. The highest BCUT2D eigenvalue weighted by atomic mass is 19.4. The average Bonchev–Trinajstić information content (AvgIpc) is 2.57. The standard InChI is InChI=1S/C12H21F3N2/c1-10(2,3)16-6-4-11(8-16)5-7-17(11)9-12(13,14)15/h4-9H2,1-3H3. The van der Waals surface area contributed by atoms with Gasteiger partial charge >= 0.3 is 6.18 Å². The van der Waals surface area contributed by atoms with Crippen LogP contribution >= 0.6 is 0 Å². The zero-order chi connectivity index (χ0) is 12.9. The minimum atomic E-state index is -4.07. The second-order valence-corrected chi connectivity index (χ2v) is 6.35. The van der Waals surface area contributed by atoms with Crippen molar-refractivity contribution in [3.8, 4) is 0 Å². The average molecular weight is 250 g/mol. The summed E-state index contributed by atoms with van der Waals surface area (Å²) in [6.45, 7) is 7.92. The van der Waals surface area contributed by atoms with Crippen LogP contribution in [0.3, 0.4) is 0 Å². The Balaban J connectivity index is 1.99. The highest BCUT2D eigenvalue weighted by molar-refractivity contribution is 5.08. The lowest BCUT2D eigenvalue weighted by atomic mass is 9.83. The Morgan fingerprint density at radius 1 is 1.06 bits per heavy atom. The van der Waals surface area contributed by atoms with Crippen molar-refractivity contribution >= 4 is 0 Å². The number of hydrogen-bond acceptors (Lipinski definition) is 2. The quantitative estimate of drug-likeness (QED) is 0.705. The molecule has 0 amide bonds. The predicted molar refractivity (Wildman–Crippen MR) is 60.9 cm³/mol. The molecular weight excluding hydrogens is 229 g/mol. The van der Waals surface area contributed by atoms with Crippen molar-refractivity contribution in [1.82, 2.24) is 9.80 Å². The summed E-state index contributed by atoms with van der Waals surface area (Å²) in [4.78, 5) is 3.92. The fourth-order valence-corrected chi connectivity index (χ4v) is 2.94. The number of halogens is 3. The van der Waals surface area contributed by atoms with Gasteiger partial charge in [-0.1, -0.05) is 0 Å². The molecule has 1 unspecified atom stereocenters. The molecule has 1 atom stereocenters. The Kier molecular flexibility index (Phi) is 2.98. The van der Waals surface area contributed by atoms with Crippen molar-refractivity contribution in [2.75, 3.05) is 26.2 Å². The molecule has 0 aromatic carbocycles. The third kappa shape index (κ3) is 2.60. The molecule has 2 heterocycles. The zero-order valence-electron chi connectivity index (χ0n) is 10.8. The van der Waals surface area contributed by atoms with Crippen molar-refractivity contribution < 1.29 is 13.2 Å². The minimum Gasteiger partial charge on any atom is -0.297 e. The largest absolute Gasteiger partial charge is 0.401 e. The first-order chi connectivity index (χ1) is 7.62. The smallest absolute Gasteiger partial charge is 0.297 e. The van der Waals surface area contributed by atoms with Gasteiger partial charge in [0.1, 0.15) is 0 Å². The van der Waals surface area contributed by atoms with Gasteiger partial charge in [0.05, 0.1) is 6.54 Å². The summed E-state index contributed by atoms with van der Waals surface area (Å²) >= 11 is 0. The Hall–Kier alpha value is -0.290. The first kappa shape index (κ1) is 13.1. The van der Waals surface area contributed by atoms with Crippen LogP contribution in [-0.4, -0.2) is 53.2 Å². The second-order valence-electron chi connectivity index (χ2n) is 6.35. The van der Waals surface area contributed by atoms with Gasteiger partial charge in [0.15, 0.2) is 0 Å². The summed E-state index contributed by atoms with van der Waals surface area (Å²) in [5.41, 5.74) is -0.133. The van der Waals surface area contributed by atoms with Gasteiger partial charge in [-0.05, 0) is 33.6 Å². The van der Waals surface area contributed by atoms with Crippen LogP contribution in [0.2, 0.25) is 0 Å². The Bertz CT molecular complexity index is 295. The van der Waals surface area contributed by atoms with Gasteiger partial charge in [0.2, 0.25) is 0 Å². The molecule has 17 heavy (non-hydrogen) atoms. The van der Waals surface area contributed by atoms with Crippen molar-refractivity contribution in [2.45, 2.75) is 50.9 Å². The zero-order valence-corrected chi connectivity index (χ0v) is 10.8. The minimum absolute atomic E-state index is 0.0585. The van der Waals surface area contributed by atoms with E-state index in [4.69, 9.17) is 0 Å². The normalized spacial score (nSPS) is 32.1. The van der Waals surface area contributed by atoms with E-state index < -0.39 is 12.7 Å². The van der Waals surface area contributed by atoms with E-state index >= 15 is 0 Å². The highest BCUT2D eigenvalue weighted by Gasteiger charge is 2.53. The molecule has 0 N–H and O–H groups in total. The molecule has 2 aliphatic heterocycles. The lowest BCUT2D eigenvalue weighted by Gasteiger charge is -2.51. The first-order valence-corrected chi connectivity index (χ1v) is 6.19. The predicted octanol–water partition coefficient (Wildman–Crippen LogP) is 2.50. The van der Waals surface area contributed by atoms with E-state index in [2.05, 4.69) is 25.7 Å². The molecule has 0 bridgehead atoms. The fourth-order valence-electron chi connectivity index (χ4n) is 2.94. The first-order valence-electron chi connectivity index (χ1n) is 6.19. The van der Waals surface area contributed by atoms with Gasteiger partial charge in [-0.15, -0.1) is 0 Å². The summed E-state index contributed by atoms with van der Waals surface area (Å²) in [7, 11) is 0. The molecule has 0 saturated carbocycles. The van der Waals surface area contributed by atoms with Crippen LogP contribution in [-0.2, 0) is 0 Å². The molecule has 0 aromatic rings. The second kappa shape index (κ2) is 3.85. The van der Waals surface area contributed by atoms with Gasteiger partial charge in [-0.3, -0.25) is 9.80 Å². The summed E-state index contributed by atoms with van der Waals surface area (Å²) in [5.74, 6) is 0. The number of hydrogen-bond donors (Lipinski definition) is 0. The highest BCUT2D eigenvalue weighted by Crippen LogP contribution is 2.42. The van der Waals surface area contributed by atoms with Crippen LogP contribution in [0, 0.1) is 0 Å². The fraction of sp³-hybridized carbons (Fsp3) is 1.00. The number of likely N-dealkylation sites (tertiary alicyclic amines) is 2. The summed E-state index contributed by atoms with van der Waals surface area (Å²) in [6.07, 6.45) is -2.28. The van der Waals surface area contributed by atoms with Crippen LogP contribution < -0.4 is 0 Å². The van der Waals surface area contributed by atoms with Gasteiger partial charge in [-0.25, -0.2) is 0 Å². The molecule has 2 aliphatic rings. The maximum Gasteiger partial charge on any atom is 0.401 e. The molecule has 2 fully saturated rings. The monoisotopic (exact) mass is 250 g/mol. The molecule has 0 aromatic heterocycles. The van der Waals surface area contributed by atoms with Gasteiger partial charge in [-0.2, -0.15) is 13.2 Å². The molecule has 0 aliphatic carbocycles. The Morgan fingerprint density at radius 3 is 2.00 bits per heavy atom. The molecule has 1 spiro atoms. The van der Waals surface area contributed by atoms with Crippen LogP contribution in [0.25, 0.3) is 0 Å². The van der Waals surface area contributed by atoms with E-state index in [-0.39, 0.29) is 11.1 Å². The third-order valence-corrected chi connectivity index (χ3v) is 4.17. The summed E-state index contributed by atoms with van der Waals surface area (Å²) in [5, 5.41) is 0. The Morgan fingerprint density at radius 2 is 1.65 bits per heavy atom. The van der Waals surface area contributed by atoms with Gasteiger partial charge < -0.3 is 0 Å². The van der Waals surface area contributed by atoms with Crippen LogP contribution in [0.15, 0.2) is 0 Å². The van der Waals surface area contributed by atoms with Crippen LogP contribution in [0.4, 0.5) is 13.2 Å². The van der Waals surface area contributed by atoms with Crippen molar-refractivity contribution in [3.63, 3.8) is 0 Å². The van der Waals surface area contributed by atoms with E-state index in [9.17, 15) is 13.2 Å². The third-order valence-electron chi connectivity index (χ3n) is 4.17. The molecule has 2 nitrogen and oxygen atoms in total. The summed E-state index contributed by atoms with van der Waals surface area (Å²) < 4.78 is 37.3. The SMILES string of the molecule is CC(C)(C)N1CCC2(CCN2CC(F)(F)F)C1. The molecular formula is C12H21F3N2. The number of alkyl halides is 3. The van der Waals surface area contributed by atoms with Crippen LogP contribution in [0.1, 0.15) is 33.6 Å². The van der Waals surface area contributed by atoms with Gasteiger partial charge in [0, 0.05) is 30.7 Å². The van der Waals surface area contributed by atoms with E-state index in [1.165, 1.54) is 0 Å². The van der Waals surface area contributed by atoms with E-state index in [1.807, 2.05) is 0 Å². The van der Waals surface area contributed by atoms with E-state index in [0.29, 0.717) is 6.54 Å². The number of rotatable bonds is 1. The van der Waals surface area contributed by atoms with Crippen molar-refractivity contribution in [1.29, 1.82) is 0 Å². The molecule has 2 rings (SSSR count). The Labute approximate surface area is 101 Å². The lowest BCUT2D eigenvalue weighted by molar-refractivity contribution is -0.176. The summed E-state index contributed by atoms with van der Waals surface area (Å²) in [6, 6.07) is 0. The maximum atomic E-state index is 12.4. The van der Waals surface area contributed by atoms with E-state index in [1.54, 1.807) is 4.90 Å².